The molecule has 1 atom stereocenters. The molecule has 1 aliphatic carbocycles. The Morgan fingerprint density at radius 1 is 1.21 bits per heavy atom. The van der Waals surface area contributed by atoms with E-state index in [2.05, 4.69) is 0 Å². The molecule has 2 fully saturated rings. The van der Waals surface area contributed by atoms with Gasteiger partial charge >= 0.3 is 6.09 Å². The number of nitrogens with two attached hydrogens (primary N) is 1. The maximum absolute atomic E-state index is 12.4. The van der Waals surface area contributed by atoms with Gasteiger partial charge in [0.05, 0.1) is 12.1 Å². The molecule has 0 radical (unpaired) electrons. The minimum absolute atomic E-state index is 0.0125. The van der Waals surface area contributed by atoms with Gasteiger partial charge < -0.3 is 20.3 Å². The SMILES string of the molecule is CCOC(=O)N1CCN(C(=O)C(C)(N)C2CC2)CC1. The van der Waals surface area contributed by atoms with Gasteiger partial charge in [-0.3, -0.25) is 4.79 Å². The molecule has 2 rings (SSSR count). The summed E-state index contributed by atoms with van der Waals surface area (Å²) in [5.74, 6) is 0.335. The van der Waals surface area contributed by atoms with Gasteiger partial charge in [-0.15, -0.1) is 0 Å². The van der Waals surface area contributed by atoms with Crippen molar-refractivity contribution in [3.8, 4) is 0 Å². The minimum atomic E-state index is -0.744. The Kier molecular flexibility index (Phi) is 3.99. The van der Waals surface area contributed by atoms with Gasteiger partial charge in [-0.1, -0.05) is 0 Å². The summed E-state index contributed by atoms with van der Waals surface area (Å²) < 4.78 is 4.95. The van der Waals surface area contributed by atoms with Crippen molar-refractivity contribution in [3.05, 3.63) is 0 Å². The lowest BCUT2D eigenvalue weighted by molar-refractivity contribution is -0.138. The molecule has 2 amide bonds. The number of ether oxygens (including phenoxy) is 1. The van der Waals surface area contributed by atoms with Crippen LogP contribution in [0.15, 0.2) is 0 Å². The molecular formula is C13H23N3O3. The van der Waals surface area contributed by atoms with Crippen molar-refractivity contribution in [2.24, 2.45) is 11.7 Å². The van der Waals surface area contributed by atoms with Crippen LogP contribution in [0, 0.1) is 5.92 Å². The monoisotopic (exact) mass is 269 g/mol. The summed E-state index contributed by atoms with van der Waals surface area (Å²) in [6.07, 6.45) is 1.79. The topological polar surface area (TPSA) is 75.9 Å². The van der Waals surface area contributed by atoms with E-state index in [1.807, 2.05) is 6.92 Å². The Morgan fingerprint density at radius 2 is 1.74 bits per heavy atom. The summed E-state index contributed by atoms with van der Waals surface area (Å²) >= 11 is 0. The number of rotatable bonds is 3. The fraction of sp³-hybridized carbons (Fsp3) is 0.846. The van der Waals surface area contributed by atoms with Gasteiger partial charge in [-0.25, -0.2) is 4.79 Å². The highest BCUT2D eigenvalue weighted by molar-refractivity contribution is 5.86. The third-order valence-corrected chi connectivity index (χ3v) is 3.98. The molecule has 6 heteroatoms. The van der Waals surface area contributed by atoms with E-state index in [1.165, 1.54) is 0 Å². The Balaban J connectivity index is 1.86. The standard InChI is InChI=1S/C13H23N3O3/c1-3-19-12(18)16-8-6-15(7-9-16)11(17)13(2,14)10-4-5-10/h10H,3-9,14H2,1-2H3. The summed E-state index contributed by atoms with van der Waals surface area (Å²) in [6.45, 7) is 6.10. The van der Waals surface area contributed by atoms with Gasteiger partial charge in [0.25, 0.3) is 0 Å². The Morgan fingerprint density at radius 3 is 2.21 bits per heavy atom. The maximum Gasteiger partial charge on any atom is 0.409 e. The molecule has 6 nitrogen and oxygen atoms in total. The molecule has 0 aromatic carbocycles. The van der Waals surface area contributed by atoms with E-state index in [9.17, 15) is 9.59 Å². The normalized spacial score (nSPS) is 22.9. The first-order chi connectivity index (χ1) is 8.96. The van der Waals surface area contributed by atoms with Crippen LogP contribution in [0.4, 0.5) is 4.79 Å². The van der Waals surface area contributed by atoms with E-state index in [-0.39, 0.29) is 12.0 Å². The van der Waals surface area contributed by atoms with Crippen LogP contribution in [0.1, 0.15) is 26.7 Å². The zero-order valence-electron chi connectivity index (χ0n) is 11.7. The van der Waals surface area contributed by atoms with Gasteiger partial charge in [-0.2, -0.15) is 0 Å². The van der Waals surface area contributed by atoms with Crippen molar-refractivity contribution < 1.29 is 14.3 Å². The summed E-state index contributed by atoms with van der Waals surface area (Å²) in [7, 11) is 0. The summed E-state index contributed by atoms with van der Waals surface area (Å²) in [4.78, 5) is 27.3. The molecule has 1 aliphatic heterocycles. The molecule has 2 N–H and O–H groups in total. The fourth-order valence-electron chi connectivity index (χ4n) is 2.51. The third kappa shape index (κ3) is 3.00. The molecule has 0 bridgehead atoms. The molecular weight excluding hydrogens is 246 g/mol. The first-order valence-electron chi connectivity index (χ1n) is 6.96. The van der Waals surface area contributed by atoms with Crippen molar-refractivity contribution in [1.82, 2.24) is 9.80 Å². The summed E-state index contributed by atoms with van der Waals surface area (Å²) in [5.41, 5.74) is 5.40. The van der Waals surface area contributed by atoms with Gasteiger partial charge in [0.15, 0.2) is 0 Å². The summed E-state index contributed by atoms with van der Waals surface area (Å²) in [6, 6.07) is 0. The first-order valence-corrected chi connectivity index (χ1v) is 6.96. The molecule has 1 heterocycles. The zero-order chi connectivity index (χ0) is 14.0. The van der Waals surface area contributed by atoms with Gasteiger partial charge in [0.2, 0.25) is 5.91 Å². The van der Waals surface area contributed by atoms with Crippen LogP contribution >= 0.6 is 0 Å². The Hall–Kier alpha value is -1.30. The van der Waals surface area contributed by atoms with Crippen molar-refractivity contribution >= 4 is 12.0 Å². The van der Waals surface area contributed by atoms with E-state index in [0.29, 0.717) is 38.7 Å². The van der Waals surface area contributed by atoms with Crippen molar-refractivity contribution in [3.63, 3.8) is 0 Å². The van der Waals surface area contributed by atoms with E-state index >= 15 is 0 Å². The lowest BCUT2D eigenvalue weighted by atomic mass is 9.95. The number of carbonyl (C=O) groups is 2. The molecule has 1 saturated heterocycles. The number of carbonyl (C=O) groups excluding carboxylic acids is 2. The Labute approximate surface area is 113 Å². The highest BCUT2D eigenvalue weighted by Crippen LogP contribution is 2.39. The summed E-state index contributed by atoms with van der Waals surface area (Å²) in [5, 5.41) is 0. The van der Waals surface area contributed by atoms with Gasteiger partial charge in [-0.05, 0) is 32.6 Å². The van der Waals surface area contributed by atoms with Crippen LogP contribution < -0.4 is 5.73 Å². The second-order valence-corrected chi connectivity index (χ2v) is 5.54. The lowest BCUT2D eigenvalue weighted by Crippen LogP contribution is -2.59. The minimum Gasteiger partial charge on any atom is -0.450 e. The van der Waals surface area contributed by atoms with Crippen LogP contribution in [0.2, 0.25) is 0 Å². The van der Waals surface area contributed by atoms with E-state index in [1.54, 1.807) is 16.7 Å². The largest absolute Gasteiger partial charge is 0.450 e. The van der Waals surface area contributed by atoms with Crippen molar-refractivity contribution in [2.75, 3.05) is 32.8 Å². The van der Waals surface area contributed by atoms with Crippen LogP contribution in [0.3, 0.4) is 0 Å². The predicted octanol–water partition coefficient (Wildman–Crippen LogP) is 0.415. The first kappa shape index (κ1) is 14.1. The average Bonchev–Trinajstić information content (AvgIpc) is 3.23. The number of hydrogen-bond acceptors (Lipinski definition) is 4. The fourth-order valence-corrected chi connectivity index (χ4v) is 2.51. The maximum atomic E-state index is 12.4. The lowest BCUT2D eigenvalue weighted by Gasteiger charge is -2.38. The number of piperazine rings is 1. The molecule has 0 spiro atoms. The van der Waals surface area contributed by atoms with E-state index < -0.39 is 5.54 Å². The highest BCUT2D eigenvalue weighted by atomic mass is 16.6. The quantitative estimate of drug-likeness (QED) is 0.805. The zero-order valence-corrected chi connectivity index (χ0v) is 11.7. The molecule has 2 aliphatic rings. The molecule has 0 aromatic rings. The molecule has 108 valence electrons. The molecule has 19 heavy (non-hydrogen) atoms. The van der Waals surface area contributed by atoms with Crippen LogP contribution in [-0.2, 0) is 9.53 Å². The third-order valence-electron chi connectivity index (χ3n) is 3.98. The van der Waals surface area contributed by atoms with E-state index in [0.717, 1.165) is 12.8 Å². The van der Waals surface area contributed by atoms with E-state index in [4.69, 9.17) is 10.5 Å². The molecule has 0 aromatic heterocycles. The van der Waals surface area contributed by atoms with Crippen LogP contribution in [-0.4, -0.2) is 60.1 Å². The highest BCUT2D eigenvalue weighted by Gasteiger charge is 2.46. The predicted molar refractivity (Wildman–Crippen MR) is 70.5 cm³/mol. The van der Waals surface area contributed by atoms with Gasteiger partial charge in [0.1, 0.15) is 0 Å². The molecule has 1 saturated carbocycles. The van der Waals surface area contributed by atoms with Crippen molar-refractivity contribution in [2.45, 2.75) is 32.2 Å². The smallest absolute Gasteiger partial charge is 0.409 e. The van der Waals surface area contributed by atoms with Crippen LogP contribution in [0.5, 0.6) is 0 Å². The molecule has 1 unspecified atom stereocenters. The second-order valence-electron chi connectivity index (χ2n) is 5.54. The second kappa shape index (κ2) is 5.36. The number of amides is 2. The Bertz CT molecular complexity index is 358. The number of nitrogens with zero attached hydrogens (tertiary/aromatic N) is 2. The van der Waals surface area contributed by atoms with Crippen molar-refractivity contribution in [1.29, 1.82) is 0 Å². The van der Waals surface area contributed by atoms with Crippen LogP contribution in [0.25, 0.3) is 0 Å². The van der Waals surface area contributed by atoms with Gasteiger partial charge in [0, 0.05) is 26.2 Å². The average molecular weight is 269 g/mol. The number of hydrogen-bond donors (Lipinski definition) is 1.